The van der Waals surface area contributed by atoms with E-state index in [4.69, 9.17) is 10.6 Å². The van der Waals surface area contributed by atoms with Gasteiger partial charge in [-0.25, -0.2) is 5.84 Å². The highest BCUT2D eigenvalue weighted by Crippen LogP contribution is 2.09. The Hall–Kier alpha value is -0.810. The Bertz CT molecular complexity index is 185. The van der Waals surface area contributed by atoms with Gasteiger partial charge in [-0.1, -0.05) is 0 Å². The van der Waals surface area contributed by atoms with Crippen molar-refractivity contribution in [1.29, 1.82) is 0 Å². The second-order valence-electron chi connectivity index (χ2n) is 3.35. The van der Waals surface area contributed by atoms with Gasteiger partial charge in [0.1, 0.15) is 0 Å². The van der Waals surface area contributed by atoms with E-state index in [0.29, 0.717) is 0 Å². The number of guanidine groups is 1. The Morgan fingerprint density at radius 2 is 2.00 bits per heavy atom. The van der Waals surface area contributed by atoms with Crippen LogP contribution in [-0.4, -0.2) is 43.2 Å². The standard InChI is InChI=1S/C8H18N4O/c1-6-4-12(5-7(2)13-6)8(10-3)11-9/h6-7H,4-5,9H2,1-3H3,(H,10,11). The molecule has 76 valence electrons. The van der Waals surface area contributed by atoms with Crippen molar-refractivity contribution in [2.24, 2.45) is 10.8 Å². The monoisotopic (exact) mass is 186 g/mol. The molecule has 3 N–H and O–H groups in total. The summed E-state index contributed by atoms with van der Waals surface area (Å²) in [5, 5.41) is 0. The molecule has 0 aliphatic carbocycles. The number of aliphatic imine (C=N–C) groups is 1. The summed E-state index contributed by atoms with van der Waals surface area (Å²) < 4.78 is 5.59. The predicted octanol–water partition coefficient (Wildman–Crippen LogP) is -0.455. The molecule has 0 aromatic heterocycles. The quantitative estimate of drug-likeness (QED) is 0.233. The maximum Gasteiger partial charge on any atom is 0.208 e. The van der Waals surface area contributed by atoms with Gasteiger partial charge >= 0.3 is 0 Å². The number of hydrogen-bond acceptors (Lipinski definition) is 3. The molecule has 1 heterocycles. The topological polar surface area (TPSA) is 62.9 Å². The minimum Gasteiger partial charge on any atom is -0.372 e. The summed E-state index contributed by atoms with van der Waals surface area (Å²) in [7, 11) is 1.72. The van der Waals surface area contributed by atoms with Gasteiger partial charge in [-0.15, -0.1) is 0 Å². The summed E-state index contributed by atoms with van der Waals surface area (Å²) >= 11 is 0. The molecule has 1 rings (SSSR count). The zero-order valence-corrected chi connectivity index (χ0v) is 8.45. The molecule has 1 aliphatic rings. The van der Waals surface area contributed by atoms with Gasteiger partial charge in [-0.2, -0.15) is 0 Å². The van der Waals surface area contributed by atoms with E-state index in [0.717, 1.165) is 19.0 Å². The number of ether oxygens (including phenoxy) is 1. The first-order valence-electron chi connectivity index (χ1n) is 4.51. The molecule has 5 heteroatoms. The molecule has 1 aliphatic heterocycles. The first-order valence-corrected chi connectivity index (χ1v) is 4.51. The Balaban J connectivity index is 2.59. The van der Waals surface area contributed by atoms with E-state index in [1.807, 2.05) is 13.8 Å². The van der Waals surface area contributed by atoms with Crippen molar-refractivity contribution in [2.45, 2.75) is 26.1 Å². The van der Waals surface area contributed by atoms with Crippen LogP contribution in [0.1, 0.15) is 13.8 Å². The van der Waals surface area contributed by atoms with E-state index in [2.05, 4.69) is 15.3 Å². The van der Waals surface area contributed by atoms with Crippen molar-refractivity contribution < 1.29 is 4.74 Å². The number of nitrogens with two attached hydrogens (primary N) is 1. The normalized spacial score (nSPS) is 30.5. The molecule has 0 amide bonds. The first-order chi connectivity index (χ1) is 6.17. The van der Waals surface area contributed by atoms with Crippen LogP contribution in [0.25, 0.3) is 0 Å². The maximum atomic E-state index is 5.59. The smallest absolute Gasteiger partial charge is 0.208 e. The fourth-order valence-corrected chi connectivity index (χ4v) is 1.65. The molecule has 2 atom stereocenters. The summed E-state index contributed by atoms with van der Waals surface area (Å²) in [5.74, 6) is 6.07. The lowest BCUT2D eigenvalue weighted by molar-refractivity contribution is -0.0489. The number of nitrogens with zero attached hydrogens (tertiary/aromatic N) is 2. The molecule has 0 saturated carbocycles. The number of rotatable bonds is 0. The summed E-state index contributed by atoms with van der Waals surface area (Å²) in [5.41, 5.74) is 2.58. The molecule has 0 bridgehead atoms. The van der Waals surface area contributed by atoms with Crippen LogP contribution in [-0.2, 0) is 4.74 Å². The number of morpholine rings is 1. The van der Waals surface area contributed by atoms with Gasteiger partial charge in [0.2, 0.25) is 5.96 Å². The van der Waals surface area contributed by atoms with Crippen molar-refractivity contribution in [1.82, 2.24) is 10.3 Å². The van der Waals surface area contributed by atoms with E-state index in [1.54, 1.807) is 7.05 Å². The zero-order valence-electron chi connectivity index (χ0n) is 8.45. The van der Waals surface area contributed by atoms with E-state index in [-0.39, 0.29) is 12.2 Å². The van der Waals surface area contributed by atoms with Crippen molar-refractivity contribution in [3.63, 3.8) is 0 Å². The fraction of sp³-hybridized carbons (Fsp3) is 0.875. The minimum atomic E-state index is 0.230. The molecule has 0 aromatic rings. The van der Waals surface area contributed by atoms with Gasteiger partial charge in [0.25, 0.3) is 0 Å². The molecule has 13 heavy (non-hydrogen) atoms. The SMILES string of the molecule is CN=C(NN)N1CC(C)OC(C)C1. The molecule has 1 fully saturated rings. The highest BCUT2D eigenvalue weighted by Gasteiger charge is 2.23. The first kappa shape index (κ1) is 10.3. The molecular formula is C8H18N4O. The number of hydrogen-bond donors (Lipinski definition) is 2. The number of nitrogens with one attached hydrogen (secondary N) is 1. The summed E-state index contributed by atoms with van der Waals surface area (Å²) in [6.45, 7) is 5.77. The van der Waals surface area contributed by atoms with Crippen LogP contribution < -0.4 is 11.3 Å². The summed E-state index contributed by atoms with van der Waals surface area (Å²) in [6, 6.07) is 0. The zero-order chi connectivity index (χ0) is 9.84. The highest BCUT2D eigenvalue weighted by atomic mass is 16.5. The van der Waals surface area contributed by atoms with Crippen molar-refractivity contribution in [2.75, 3.05) is 20.1 Å². The van der Waals surface area contributed by atoms with Crippen LogP contribution in [0.5, 0.6) is 0 Å². The van der Waals surface area contributed by atoms with Crippen molar-refractivity contribution >= 4 is 5.96 Å². The van der Waals surface area contributed by atoms with E-state index in [1.165, 1.54) is 0 Å². The second-order valence-corrected chi connectivity index (χ2v) is 3.35. The molecule has 1 saturated heterocycles. The van der Waals surface area contributed by atoms with Crippen LogP contribution in [0.2, 0.25) is 0 Å². The Morgan fingerprint density at radius 1 is 1.46 bits per heavy atom. The predicted molar refractivity (Wildman–Crippen MR) is 52.3 cm³/mol. The second kappa shape index (κ2) is 4.43. The largest absolute Gasteiger partial charge is 0.372 e. The lowest BCUT2D eigenvalue weighted by Crippen LogP contribution is -2.53. The fourth-order valence-electron chi connectivity index (χ4n) is 1.65. The third-order valence-electron chi connectivity index (χ3n) is 2.06. The van der Waals surface area contributed by atoms with Crippen LogP contribution >= 0.6 is 0 Å². The Labute approximate surface area is 78.9 Å². The highest BCUT2D eigenvalue weighted by molar-refractivity contribution is 5.79. The van der Waals surface area contributed by atoms with Crippen LogP contribution in [0, 0.1) is 0 Å². The summed E-state index contributed by atoms with van der Waals surface area (Å²) in [6.07, 6.45) is 0.461. The molecular weight excluding hydrogens is 168 g/mol. The van der Waals surface area contributed by atoms with E-state index in [9.17, 15) is 0 Å². The van der Waals surface area contributed by atoms with Gasteiger partial charge in [-0.3, -0.25) is 10.4 Å². The van der Waals surface area contributed by atoms with Gasteiger partial charge in [0, 0.05) is 20.1 Å². The number of hydrazine groups is 1. The third kappa shape index (κ3) is 2.57. The summed E-state index contributed by atoms with van der Waals surface area (Å²) in [4.78, 5) is 6.15. The lowest BCUT2D eigenvalue weighted by Gasteiger charge is -2.36. The van der Waals surface area contributed by atoms with E-state index < -0.39 is 0 Å². The molecule has 0 radical (unpaired) electrons. The Morgan fingerprint density at radius 3 is 2.38 bits per heavy atom. The molecule has 0 aromatic carbocycles. The molecule has 5 nitrogen and oxygen atoms in total. The van der Waals surface area contributed by atoms with Crippen molar-refractivity contribution in [3.05, 3.63) is 0 Å². The van der Waals surface area contributed by atoms with Gasteiger partial charge in [0.15, 0.2) is 0 Å². The van der Waals surface area contributed by atoms with Gasteiger partial charge in [0.05, 0.1) is 12.2 Å². The average molecular weight is 186 g/mol. The van der Waals surface area contributed by atoms with Crippen LogP contribution in [0.3, 0.4) is 0 Å². The van der Waals surface area contributed by atoms with Gasteiger partial charge in [-0.05, 0) is 13.8 Å². The molecule has 0 spiro atoms. The third-order valence-corrected chi connectivity index (χ3v) is 2.06. The maximum absolute atomic E-state index is 5.59. The van der Waals surface area contributed by atoms with Crippen molar-refractivity contribution in [3.8, 4) is 0 Å². The molecule has 2 unspecified atom stereocenters. The van der Waals surface area contributed by atoms with E-state index >= 15 is 0 Å². The average Bonchev–Trinajstić information content (AvgIpc) is 2.04. The Kier molecular flexibility index (Phi) is 3.50. The lowest BCUT2D eigenvalue weighted by atomic mass is 10.2. The van der Waals surface area contributed by atoms with Crippen LogP contribution in [0.15, 0.2) is 4.99 Å². The minimum absolute atomic E-state index is 0.230. The van der Waals surface area contributed by atoms with Gasteiger partial charge < -0.3 is 9.64 Å². The van der Waals surface area contributed by atoms with Crippen LogP contribution in [0.4, 0.5) is 0 Å².